The Morgan fingerprint density at radius 2 is 1.87 bits per heavy atom. The molecule has 4 rings (SSSR count). The first-order chi connectivity index (χ1) is 15.0. The molecule has 0 radical (unpaired) electrons. The largest absolute Gasteiger partial charge is 0.494 e. The van der Waals surface area contributed by atoms with Crippen LogP contribution in [0.2, 0.25) is 0 Å². The summed E-state index contributed by atoms with van der Waals surface area (Å²) in [6, 6.07) is 21.1. The van der Waals surface area contributed by atoms with Gasteiger partial charge >= 0.3 is 0 Å². The summed E-state index contributed by atoms with van der Waals surface area (Å²) in [7, 11) is 0. The van der Waals surface area contributed by atoms with E-state index in [0.717, 1.165) is 22.6 Å². The van der Waals surface area contributed by atoms with E-state index in [1.807, 2.05) is 74.5 Å². The Labute approximate surface area is 180 Å². The van der Waals surface area contributed by atoms with E-state index in [1.165, 1.54) is 0 Å². The van der Waals surface area contributed by atoms with E-state index in [-0.39, 0.29) is 17.0 Å². The van der Waals surface area contributed by atoms with Crippen LogP contribution in [0.15, 0.2) is 76.9 Å². The zero-order chi connectivity index (χ0) is 22.0. The zero-order valence-electron chi connectivity index (χ0n) is 17.5. The number of allylic oxidation sites excluding steroid dienone is 1. The molecule has 6 nitrogen and oxygen atoms in total. The van der Waals surface area contributed by atoms with Gasteiger partial charge in [0.05, 0.1) is 24.6 Å². The molecule has 0 spiro atoms. The van der Waals surface area contributed by atoms with Gasteiger partial charge in [-0.1, -0.05) is 42.5 Å². The molecule has 156 valence electrons. The molecule has 6 heteroatoms. The smallest absolute Gasteiger partial charge is 0.259 e. The highest BCUT2D eigenvalue weighted by atomic mass is 16.5. The van der Waals surface area contributed by atoms with Crippen LogP contribution < -0.4 is 20.8 Å². The topological polar surface area (TPSA) is 90.3 Å². The van der Waals surface area contributed by atoms with Crippen LogP contribution in [0.5, 0.6) is 11.5 Å². The number of hydrogen-bond acceptors (Lipinski definition) is 5. The number of aryl methyl sites for hydroxylation is 1. The van der Waals surface area contributed by atoms with Gasteiger partial charge in [0.25, 0.3) is 5.56 Å². The summed E-state index contributed by atoms with van der Waals surface area (Å²) >= 11 is 0. The molecule has 31 heavy (non-hydrogen) atoms. The summed E-state index contributed by atoms with van der Waals surface area (Å²) in [6.45, 7) is 4.76. The number of nitrogens with two attached hydrogens (primary N) is 1. The number of nitriles is 1. The zero-order valence-corrected chi connectivity index (χ0v) is 17.5. The molecule has 1 aliphatic rings. The van der Waals surface area contributed by atoms with Gasteiger partial charge in [-0.25, -0.2) is 0 Å². The second-order valence-electron chi connectivity index (χ2n) is 7.37. The third-order valence-corrected chi connectivity index (χ3v) is 5.40. The number of aromatic nitrogens is 1. The average Bonchev–Trinajstić information content (AvgIpc) is 2.77. The molecule has 0 aliphatic carbocycles. The molecular formula is C25H23N3O3. The number of ether oxygens (including phenoxy) is 2. The van der Waals surface area contributed by atoms with Crippen LogP contribution in [0.25, 0.3) is 0 Å². The van der Waals surface area contributed by atoms with Crippen molar-refractivity contribution in [2.75, 3.05) is 6.61 Å². The third-order valence-electron chi connectivity index (χ3n) is 5.40. The third kappa shape index (κ3) is 3.78. The van der Waals surface area contributed by atoms with E-state index < -0.39 is 5.92 Å². The van der Waals surface area contributed by atoms with E-state index in [9.17, 15) is 10.1 Å². The molecule has 0 amide bonds. The lowest BCUT2D eigenvalue weighted by atomic mass is 9.84. The normalized spacial score (nSPS) is 15.1. The number of fused-ring (bicyclic) bond motifs is 1. The first kappa shape index (κ1) is 20.3. The molecule has 1 atom stereocenters. The molecule has 1 aliphatic heterocycles. The maximum absolute atomic E-state index is 13.6. The Morgan fingerprint density at radius 3 is 2.52 bits per heavy atom. The predicted octanol–water partition coefficient (Wildman–Crippen LogP) is 3.82. The SMILES string of the molecule is CCOc1ccc([C@@H]2C(C#N)=C(N)Oc3cc(C)n(Cc4ccccc4)c(=O)c32)cc1. The fraction of sp³-hybridized carbons (Fsp3) is 0.200. The van der Waals surface area contributed by atoms with Crippen LogP contribution in [-0.4, -0.2) is 11.2 Å². The number of benzene rings is 2. The Hall–Kier alpha value is -3.98. The summed E-state index contributed by atoms with van der Waals surface area (Å²) in [5.41, 5.74) is 9.06. The van der Waals surface area contributed by atoms with Gasteiger partial charge in [0.15, 0.2) is 0 Å². The highest BCUT2D eigenvalue weighted by Crippen LogP contribution is 2.40. The van der Waals surface area contributed by atoms with E-state index in [0.29, 0.717) is 24.5 Å². The van der Waals surface area contributed by atoms with Crippen molar-refractivity contribution in [3.05, 3.63) is 105 Å². The molecule has 0 saturated heterocycles. The maximum atomic E-state index is 13.6. The van der Waals surface area contributed by atoms with Gasteiger partial charge in [0.1, 0.15) is 23.1 Å². The fourth-order valence-electron chi connectivity index (χ4n) is 3.91. The van der Waals surface area contributed by atoms with Gasteiger partial charge in [0.2, 0.25) is 5.88 Å². The van der Waals surface area contributed by atoms with Crippen LogP contribution in [0, 0.1) is 18.3 Å². The second kappa shape index (κ2) is 8.41. The molecular weight excluding hydrogens is 390 g/mol. The van der Waals surface area contributed by atoms with Gasteiger partial charge in [-0.05, 0) is 37.1 Å². The van der Waals surface area contributed by atoms with Gasteiger partial charge in [0, 0.05) is 11.8 Å². The Kier molecular flexibility index (Phi) is 5.50. The van der Waals surface area contributed by atoms with Gasteiger partial charge in [-0.15, -0.1) is 0 Å². The van der Waals surface area contributed by atoms with Crippen LogP contribution in [0.1, 0.15) is 35.2 Å². The van der Waals surface area contributed by atoms with E-state index >= 15 is 0 Å². The predicted molar refractivity (Wildman–Crippen MR) is 118 cm³/mol. The lowest BCUT2D eigenvalue weighted by Gasteiger charge is -2.27. The van der Waals surface area contributed by atoms with Crippen molar-refractivity contribution in [1.29, 1.82) is 5.26 Å². The summed E-state index contributed by atoms with van der Waals surface area (Å²) in [4.78, 5) is 13.6. The molecule has 0 bridgehead atoms. The fourth-order valence-corrected chi connectivity index (χ4v) is 3.91. The van der Waals surface area contributed by atoms with Crippen molar-refractivity contribution < 1.29 is 9.47 Å². The van der Waals surface area contributed by atoms with Crippen molar-refractivity contribution in [2.24, 2.45) is 5.73 Å². The van der Waals surface area contributed by atoms with E-state index in [2.05, 4.69) is 6.07 Å². The van der Waals surface area contributed by atoms with Gasteiger partial charge in [-0.2, -0.15) is 5.26 Å². The summed E-state index contributed by atoms with van der Waals surface area (Å²) in [5, 5.41) is 9.81. The van der Waals surface area contributed by atoms with Crippen molar-refractivity contribution in [3.63, 3.8) is 0 Å². The Bertz CT molecular complexity index is 1240. The highest BCUT2D eigenvalue weighted by Gasteiger charge is 2.34. The lowest BCUT2D eigenvalue weighted by molar-refractivity contribution is 0.340. The standard InChI is InChI=1S/C25H23N3O3/c1-3-30-19-11-9-18(10-12-19)22-20(14-26)24(27)31-21-13-16(2)28(25(29)23(21)22)15-17-7-5-4-6-8-17/h4-13,22H,3,15,27H2,1-2H3/t22-/m1/s1. The minimum absolute atomic E-state index is 0.0218. The number of pyridine rings is 1. The molecule has 0 saturated carbocycles. The van der Waals surface area contributed by atoms with E-state index in [1.54, 1.807) is 4.57 Å². The Morgan fingerprint density at radius 1 is 1.16 bits per heavy atom. The van der Waals surface area contributed by atoms with Crippen molar-refractivity contribution >= 4 is 0 Å². The number of nitrogens with zero attached hydrogens (tertiary/aromatic N) is 2. The quantitative estimate of drug-likeness (QED) is 0.687. The number of rotatable bonds is 5. The molecule has 2 N–H and O–H groups in total. The number of hydrogen-bond donors (Lipinski definition) is 1. The molecule has 2 heterocycles. The van der Waals surface area contributed by atoms with Crippen LogP contribution in [0.3, 0.4) is 0 Å². The van der Waals surface area contributed by atoms with Gasteiger partial charge < -0.3 is 19.8 Å². The van der Waals surface area contributed by atoms with Crippen molar-refractivity contribution in [3.8, 4) is 17.6 Å². The first-order valence-electron chi connectivity index (χ1n) is 10.1. The van der Waals surface area contributed by atoms with Crippen LogP contribution in [-0.2, 0) is 6.54 Å². The lowest BCUT2D eigenvalue weighted by Crippen LogP contribution is -2.33. The summed E-state index contributed by atoms with van der Waals surface area (Å²) < 4.78 is 12.9. The van der Waals surface area contributed by atoms with Crippen molar-refractivity contribution in [2.45, 2.75) is 26.3 Å². The van der Waals surface area contributed by atoms with Crippen molar-refractivity contribution in [1.82, 2.24) is 4.57 Å². The average molecular weight is 413 g/mol. The second-order valence-corrected chi connectivity index (χ2v) is 7.37. The highest BCUT2D eigenvalue weighted by molar-refractivity contribution is 5.55. The maximum Gasteiger partial charge on any atom is 0.259 e. The van der Waals surface area contributed by atoms with Crippen LogP contribution in [0.4, 0.5) is 0 Å². The molecule has 1 aromatic heterocycles. The molecule has 0 unspecified atom stereocenters. The first-order valence-corrected chi connectivity index (χ1v) is 10.1. The summed E-state index contributed by atoms with van der Waals surface area (Å²) in [5.74, 6) is 0.523. The minimum atomic E-state index is -0.612. The molecule has 2 aromatic carbocycles. The molecule has 3 aromatic rings. The van der Waals surface area contributed by atoms with E-state index in [4.69, 9.17) is 15.2 Å². The molecule has 0 fully saturated rings. The minimum Gasteiger partial charge on any atom is -0.494 e. The van der Waals surface area contributed by atoms with Crippen LogP contribution >= 0.6 is 0 Å². The summed E-state index contributed by atoms with van der Waals surface area (Å²) in [6.07, 6.45) is 0. The monoisotopic (exact) mass is 413 g/mol. The van der Waals surface area contributed by atoms with Gasteiger partial charge in [-0.3, -0.25) is 4.79 Å². The Balaban J connectivity index is 1.87.